The van der Waals surface area contributed by atoms with Gasteiger partial charge in [-0.1, -0.05) is 289 Å². The average Bonchev–Trinajstić information content (AvgIpc) is 0.835. The summed E-state index contributed by atoms with van der Waals surface area (Å²) in [6.45, 7) is 34.8. The Bertz CT molecular complexity index is 4300. The zero-order chi connectivity index (χ0) is 64.9. The van der Waals surface area contributed by atoms with E-state index in [1.54, 1.807) is 0 Å². The monoisotopic (exact) mass is 2020 g/mol. The van der Waals surface area contributed by atoms with Crippen LogP contribution in [0, 0.1) is 45.0 Å². The van der Waals surface area contributed by atoms with Crippen molar-refractivity contribution in [1.29, 1.82) is 0 Å². The van der Waals surface area contributed by atoms with Crippen molar-refractivity contribution in [3.63, 3.8) is 0 Å². The average molecular weight is 2020 g/mol. The van der Waals surface area contributed by atoms with E-state index in [9.17, 15) is 0 Å². The van der Waals surface area contributed by atoms with Crippen molar-refractivity contribution < 1.29 is 80.4 Å². The summed E-state index contributed by atoms with van der Waals surface area (Å²) < 4.78 is 0. The van der Waals surface area contributed by atoms with Gasteiger partial charge >= 0.3 is 0 Å². The van der Waals surface area contributed by atoms with E-state index < -0.39 is 32.3 Å². The molecule has 4 aromatic heterocycles. The number of aryl methyl sites for hydroxylation is 3. The molecular formula is C83H86Ir4N4Si4-4. The van der Waals surface area contributed by atoms with E-state index in [1.165, 1.54) is 81.9 Å². The quantitative estimate of drug-likeness (QED) is 0.0903. The van der Waals surface area contributed by atoms with Crippen LogP contribution in [0.2, 0.25) is 78.6 Å². The van der Waals surface area contributed by atoms with E-state index in [4.69, 9.17) is 0 Å². The Morgan fingerprint density at radius 3 is 1.05 bits per heavy atom. The van der Waals surface area contributed by atoms with Gasteiger partial charge < -0.3 is 19.9 Å². The first-order valence-electron chi connectivity index (χ1n) is 31.6. The predicted octanol–water partition coefficient (Wildman–Crippen LogP) is 20.0. The fourth-order valence-corrected chi connectivity index (χ4v) is 16.2. The number of rotatable bonds is 12. The molecule has 95 heavy (non-hydrogen) atoms. The predicted molar refractivity (Wildman–Crippen MR) is 402 cm³/mol. The third-order valence-corrected chi connectivity index (χ3v) is 24.2. The molecule has 0 bridgehead atoms. The molecule has 0 saturated heterocycles. The van der Waals surface area contributed by atoms with Gasteiger partial charge in [-0.25, -0.2) is 0 Å². The molecule has 0 fully saturated rings. The minimum atomic E-state index is -1.37. The van der Waals surface area contributed by atoms with E-state index in [-0.39, 0.29) is 80.4 Å². The van der Waals surface area contributed by atoms with Crippen molar-refractivity contribution in [2.45, 2.75) is 99.3 Å². The molecule has 0 aliphatic carbocycles. The van der Waals surface area contributed by atoms with Crippen LogP contribution in [0.1, 0.15) is 16.7 Å². The summed E-state index contributed by atoms with van der Waals surface area (Å²) in [6, 6.07) is 92.7. The molecule has 0 N–H and O–H groups in total. The maximum atomic E-state index is 4.48. The standard InChI is InChI=1S/3C21H22NSi.C20H20NSi.4Ir/c1-16-13-14-22-21(15-16)19-7-5-17(6-8-19)18-9-11-20(12-10-18)23(2,3)4;1-16-8-13-21(22-15-16)18-11-9-17(10-12-18)19-6-5-7-20(14-19)23(2,3)4;1-16-9-14-20(22-15-16)18-12-10-17(11-13-18)19-7-5-6-8-21(19)23(2,3)4;1-22(2,3)20-10-5-4-8-18(20)16-11-13-17(14-12-16)19-9-6-7-15-21-19;;;;/h5-7,9-15H,1-4H3;5-11,13-15H,1-4H3;5-12,14-15H,1-4H3;4-13,15H,1-3H3;;;;/q4*-1;;;;. The van der Waals surface area contributed by atoms with Gasteiger partial charge in [-0.2, -0.15) is 0 Å². The van der Waals surface area contributed by atoms with Crippen LogP contribution in [0.25, 0.3) is 89.5 Å². The van der Waals surface area contributed by atoms with E-state index in [0.717, 1.165) is 45.0 Å². The van der Waals surface area contributed by atoms with Gasteiger partial charge in [0.15, 0.2) is 0 Å². The van der Waals surface area contributed by atoms with Crippen LogP contribution < -0.4 is 20.7 Å². The van der Waals surface area contributed by atoms with Crippen LogP contribution >= 0.6 is 0 Å². The molecule has 0 atom stereocenters. The van der Waals surface area contributed by atoms with Gasteiger partial charge in [-0.05, 0) is 66.8 Å². The van der Waals surface area contributed by atoms with E-state index in [2.05, 4.69) is 338 Å². The number of hydrogen-bond acceptors (Lipinski definition) is 4. The number of hydrogen-bond donors (Lipinski definition) is 0. The molecular weight excluding hydrogens is 1930 g/mol. The second-order valence-electron chi connectivity index (χ2n) is 27.6. The van der Waals surface area contributed by atoms with Gasteiger partial charge in [0.05, 0.1) is 32.3 Å². The Morgan fingerprint density at radius 2 is 0.663 bits per heavy atom. The summed E-state index contributed by atoms with van der Waals surface area (Å²) in [5, 5.41) is 5.97. The summed E-state index contributed by atoms with van der Waals surface area (Å²) in [4.78, 5) is 17.8. The Morgan fingerprint density at radius 1 is 0.263 bits per heavy atom. The summed E-state index contributed by atoms with van der Waals surface area (Å²) in [5.74, 6) is 0. The molecule has 494 valence electrons. The fraction of sp³-hybridized carbons (Fsp3) is 0.181. The summed E-state index contributed by atoms with van der Waals surface area (Å²) in [6.07, 6.45) is 7.46. The molecule has 0 spiro atoms. The molecule has 4 heterocycles. The third kappa shape index (κ3) is 22.4. The molecule has 4 nitrogen and oxygen atoms in total. The molecule has 12 rings (SSSR count). The molecule has 12 aromatic rings. The first kappa shape index (κ1) is 79.5. The zero-order valence-electron chi connectivity index (χ0n) is 57.3. The SMILES string of the molecule is C[Si](C)(C)c1ccccc1-c1c[c-]c(-c2ccccn2)cc1.Cc1ccc(-c2[c-]cc(-c3cccc([Si](C)(C)C)c3)cc2)nc1.Cc1ccc(-c2[c-]cc(-c3ccccc3[Si](C)(C)C)cc2)nc1.Cc1ccnc(-c2[c-]cc(-c3ccc([Si](C)(C)C)cc3)cc2)c1.[Ir].[Ir].[Ir].[Ir]. The topological polar surface area (TPSA) is 51.6 Å². The second kappa shape index (κ2) is 35.9. The summed E-state index contributed by atoms with van der Waals surface area (Å²) >= 11 is 0. The normalized spacial score (nSPS) is 11.0. The zero-order valence-corrected chi connectivity index (χ0v) is 70.9. The largest absolute Gasteiger partial charge is 0.305 e. The molecule has 12 heteroatoms. The van der Waals surface area contributed by atoms with Crippen molar-refractivity contribution in [2.24, 2.45) is 0 Å². The summed E-state index contributed by atoms with van der Waals surface area (Å²) in [7, 11) is -5.25. The maximum Gasteiger partial charge on any atom is 0.0775 e. The molecule has 8 aromatic carbocycles. The fourth-order valence-electron chi connectivity index (χ4n) is 10.6. The van der Waals surface area contributed by atoms with Crippen LogP contribution in [-0.4, -0.2) is 52.2 Å². The Balaban J connectivity index is 0.000000226. The maximum absolute atomic E-state index is 4.48. The van der Waals surface area contributed by atoms with Gasteiger partial charge in [-0.15, -0.1) is 119 Å². The Labute approximate surface area is 626 Å². The third-order valence-electron chi connectivity index (χ3n) is 16.0. The Kier molecular flexibility index (Phi) is 30.0. The van der Waals surface area contributed by atoms with Crippen LogP contribution in [0.15, 0.2) is 249 Å². The first-order valence-corrected chi connectivity index (χ1v) is 45.6. The van der Waals surface area contributed by atoms with Gasteiger partial charge in [-0.3, -0.25) is 0 Å². The van der Waals surface area contributed by atoms with E-state index in [0.29, 0.717) is 0 Å². The van der Waals surface area contributed by atoms with Gasteiger partial charge in [0.2, 0.25) is 0 Å². The van der Waals surface area contributed by atoms with E-state index in [1.807, 2.05) is 55.1 Å². The van der Waals surface area contributed by atoms with Crippen molar-refractivity contribution in [3.8, 4) is 89.5 Å². The number of nitrogens with zero attached hydrogens (tertiary/aromatic N) is 4. The van der Waals surface area contributed by atoms with Crippen molar-refractivity contribution >= 4 is 53.0 Å². The number of benzene rings is 8. The van der Waals surface area contributed by atoms with Gasteiger partial charge in [0.25, 0.3) is 0 Å². The van der Waals surface area contributed by atoms with Crippen LogP contribution in [-0.2, 0) is 80.4 Å². The molecule has 0 aliphatic rings. The van der Waals surface area contributed by atoms with Crippen LogP contribution in [0.5, 0.6) is 0 Å². The molecule has 4 radical (unpaired) electrons. The Hall–Kier alpha value is -6.18. The van der Waals surface area contributed by atoms with Gasteiger partial charge in [0.1, 0.15) is 0 Å². The number of pyridine rings is 4. The van der Waals surface area contributed by atoms with Crippen molar-refractivity contribution in [1.82, 2.24) is 19.9 Å². The second-order valence-corrected chi connectivity index (χ2v) is 47.8. The minimum Gasteiger partial charge on any atom is -0.305 e. The smallest absolute Gasteiger partial charge is 0.0775 e. The number of aromatic nitrogens is 4. The first-order chi connectivity index (χ1) is 43.4. The molecule has 0 unspecified atom stereocenters. The van der Waals surface area contributed by atoms with Crippen LogP contribution in [0.3, 0.4) is 0 Å². The molecule has 0 aliphatic heterocycles. The van der Waals surface area contributed by atoms with E-state index >= 15 is 0 Å². The van der Waals surface area contributed by atoms with Crippen molar-refractivity contribution in [3.05, 3.63) is 290 Å². The minimum absolute atomic E-state index is 0. The summed E-state index contributed by atoms with van der Waals surface area (Å²) in [5.41, 5.74) is 21.7. The molecule has 0 saturated carbocycles. The van der Waals surface area contributed by atoms with Crippen molar-refractivity contribution in [2.75, 3.05) is 0 Å². The van der Waals surface area contributed by atoms with Gasteiger partial charge in [0, 0.05) is 105 Å². The molecule has 0 amide bonds. The van der Waals surface area contributed by atoms with Crippen LogP contribution in [0.4, 0.5) is 0 Å².